The van der Waals surface area contributed by atoms with Gasteiger partial charge < -0.3 is 9.47 Å². The van der Waals surface area contributed by atoms with Gasteiger partial charge >= 0.3 is 0 Å². The van der Waals surface area contributed by atoms with E-state index in [1.165, 1.54) is 11.1 Å². The molecule has 3 heteroatoms. The van der Waals surface area contributed by atoms with Crippen LogP contribution >= 0.6 is 11.6 Å². The fourth-order valence-electron chi connectivity index (χ4n) is 2.20. The lowest BCUT2D eigenvalue weighted by Crippen LogP contribution is -1.98. The van der Waals surface area contributed by atoms with E-state index in [1.54, 1.807) is 14.2 Å². The highest BCUT2D eigenvalue weighted by Gasteiger charge is 2.09. The molecule has 0 bridgehead atoms. The van der Waals surface area contributed by atoms with Crippen molar-refractivity contribution in [2.45, 2.75) is 18.2 Å². The van der Waals surface area contributed by atoms with Gasteiger partial charge in [0.05, 0.1) is 19.1 Å². The topological polar surface area (TPSA) is 18.5 Å². The van der Waals surface area contributed by atoms with E-state index in [2.05, 4.69) is 36.4 Å². The Morgan fingerprint density at radius 2 is 1.52 bits per heavy atom. The van der Waals surface area contributed by atoms with Crippen LogP contribution in [0.5, 0.6) is 5.75 Å². The zero-order valence-corrected chi connectivity index (χ0v) is 13.3. The predicted molar refractivity (Wildman–Crippen MR) is 87.3 cm³/mol. The summed E-state index contributed by atoms with van der Waals surface area (Å²) in [5, 5.41) is -0.0186. The van der Waals surface area contributed by atoms with Gasteiger partial charge in [-0.25, -0.2) is 0 Å². The van der Waals surface area contributed by atoms with Crippen LogP contribution in [0.2, 0.25) is 0 Å². The fourth-order valence-corrected chi connectivity index (χ4v) is 2.52. The van der Waals surface area contributed by atoms with Crippen molar-refractivity contribution in [3.05, 3.63) is 65.2 Å². The van der Waals surface area contributed by atoms with Crippen LogP contribution < -0.4 is 4.74 Å². The van der Waals surface area contributed by atoms with Crippen LogP contribution in [0.25, 0.3) is 0 Å². The molecule has 0 saturated carbocycles. The highest BCUT2D eigenvalue weighted by atomic mass is 35.5. The van der Waals surface area contributed by atoms with Gasteiger partial charge in [-0.2, -0.15) is 0 Å². The molecule has 0 amide bonds. The summed E-state index contributed by atoms with van der Waals surface area (Å²) in [6, 6.07) is 16.5. The zero-order valence-electron chi connectivity index (χ0n) is 12.5. The molecular formula is C18H21ClO2. The number of ether oxygens (including phenoxy) is 2. The van der Waals surface area contributed by atoms with Crippen molar-refractivity contribution >= 4 is 11.6 Å². The summed E-state index contributed by atoms with van der Waals surface area (Å²) in [5.74, 6) is 0.868. The second kappa shape index (κ2) is 8.06. The van der Waals surface area contributed by atoms with Gasteiger partial charge in [-0.1, -0.05) is 36.4 Å². The van der Waals surface area contributed by atoms with E-state index in [4.69, 9.17) is 21.1 Å². The molecule has 0 N–H and O–H groups in total. The molecule has 21 heavy (non-hydrogen) atoms. The van der Waals surface area contributed by atoms with E-state index in [9.17, 15) is 0 Å². The highest BCUT2D eigenvalue weighted by Crippen LogP contribution is 2.26. The molecule has 2 rings (SSSR count). The second-order valence-corrected chi connectivity index (χ2v) is 5.53. The Bertz CT molecular complexity index is 534. The number of hydrogen-bond acceptors (Lipinski definition) is 2. The molecule has 0 aliphatic heterocycles. The summed E-state index contributed by atoms with van der Waals surface area (Å²) in [6.45, 7) is 0.746. The van der Waals surface area contributed by atoms with Crippen LogP contribution in [-0.4, -0.2) is 20.8 Å². The Kier molecular flexibility index (Phi) is 6.09. The van der Waals surface area contributed by atoms with Gasteiger partial charge in [-0.05, 0) is 41.7 Å². The SMILES string of the molecule is COCCc1ccc(C(Cl)Cc2ccc(OC)cc2)cc1. The molecule has 0 fully saturated rings. The fraction of sp³-hybridized carbons (Fsp3) is 0.333. The molecule has 0 saturated heterocycles. The first-order chi connectivity index (χ1) is 10.2. The molecule has 0 aromatic heterocycles. The minimum Gasteiger partial charge on any atom is -0.497 e. The molecule has 2 nitrogen and oxygen atoms in total. The van der Waals surface area contributed by atoms with E-state index in [1.807, 2.05) is 12.1 Å². The second-order valence-electron chi connectivity index (χ2n) is 5.00. The number of rotatable bonds is 7. The monoisotopic (exact) mass is 304 g/mol. The first-order valence-corrected chi connectivity index (χ1v) is 7.51. The van der Waals surface area contributed by atoms with Crippen molar-refractivity contribution in [3.63, 3.8) is 0 Å². The molecule has 1 unspecified atom stereocenters. The van der Waals surface area contributed by atoms with Crippen LogP contribution in [0.15, 0.2) is 48.5 Å². The van der Waals surface area contributed by atoms with Gasteiger partial charge in [0.15, 0.2) is 0 Å². The van der Waals surface area contributed by atoms with Gasteiger partial charge in [-0.15, -0.1) is 11.6 Å². The van der Waals surface area contributed by atoms with Crippen LogP contribution in [0.3, 0.4) is 0 Å². The number of hydrogen-bond donors (Lipinski definition) is 0. The quantitative estimate of drug-likeness (QED) is 0.706. The summed E-state index contributed by atoms with van der Waals surface area (Å²) in [5.41, 5.74) is 3.63. The first kappa shape index (κ1) is 15.9. The van der Waals surface area contributed by atoms with Crippen LogP contribution in [0.4, 0.5) is 0 Å². The van der Waals surface area contributed by atoms with Gasteiger partial charge in [-0.3, -0.25) is 0 Å². The summed E-state index contributed by atoms with van der Waals surface area (Å²) in [4.78, 5) is 0. The molecule has 0 spiro atoms. The van der Waals surface area contributed by atoms with Crippen molar-refractivity contribution in [2.24, 2.45) is 0 Å². The van der Waals surface area contributed by atoms with Crippen molar-refractivity contribution in [2.75, 3.05) is 20.8 Å². The Morgan fingerprint density at radius 1 is 0.905 bits per heavy atom. The van der Waals surface area contributed by atoms with E-state index < -0.39 is 0 Å². The maximum atomic E-state index is 6.52. The largest absolute Gasteiger partial charge is 0.497 e. The highest BCUT2D eigenvalue weighted by molar-refractivity contribution is 6.20. The molecule has 0 heterocycles. The maximum Gasteiger partial charge on any atom is 0.118 e. The lowest BCUT2D eigenvalue weighted by atomic mass is 10.0. The van der Waals surface area contributed by atoms with Crippen LogP contribution in [-0.2, 0) is 17.6 Å². The molecular weight excluding hydrogens is 284 g/mol. The Hall–Kier alpha value is -1.51. The molecule has 2 aromatic carbocycles. The minimum atomic E-state index is -0.0186. The number of halogens is 1. The third-order valence-electron chi connectivity index (χ3n) is 3.51. The number of benzene rings is 2. The Balaban J connectivity index is 1.96. The molecule has 112 valence electrons. The smallest absolute Gasteiger partial charge is 0.118 e. The molecule has 0 aliphatic carbocycles. The average Bonchev–Trinajstić information content (AvgIpc) is 2.54. The molecule has 1 atom stereocenters. The maximum absolute atomic E-state index is 6.52. The third kappa shape index (κ3) is 4.76. The van der Waals surface area contributed by atoms with E-state index in [-0.39, 0.29) is 5.38 Å². The number of methoxy groups -OCH3 is 2. The summed E-state index contributed by atoms with van der Waals surface area (Å²) >= 11 is 6.52. The Labute approximate surface area is 131 Å². The average molecular weight is 305 g/mol. The normalized spacial score (nSPS) is 12.1. The predicted octanol–water partition coefficient (Wildman–Crippen LogP) is 4.41. The lowest BCUT2D eigenvalue weighted by molar-refractivity contribution is 0.202. The minimum absolute atomic E-state index is 0.0186. The van der Waals surface area contributed by atoms with E-state index >= 15 is 0 Å². The lowest BCUT2D eigenvalue weighted by Gasteiger charge is -2.11. The Morgan fingerprint density at radius 3 is 2.10 bits per heavy atom. The first-order valence-electron chi connectivity index (χ1n) is 7.07. The number of alkyl halides is 1. The van der Waals surface area contributed by atoms with E-state index in [0.717, 1.165) is 30.8 Å². The molecule has 0 radical (unpaired) electrons. The van der Waals surface area contributed by atoms with Crippen LogP contribution in [0, 0.1) is 0 Å². The zero-order chi connectivity index (χ0) is 15.1. The van der Waals surface area contributed by atoms with Crippen molar-refractivity contribution in [3.8, 4) is 5.75 Å². The molecule has 0 aliphatic rings. The van der Waals surface area contributed by atoms with Gasteiger partial charge in [0.2, 0.25) is 0 Å². The van der Waals surface area contributed by atoms with Crippen molar-refractivity contribution in [1.29, 1.82) is 0 Å². The van der Waals surface area contributed by atoms with Gasteiger partial charge in [0.1, 0.15) is 5.75 Å². The van der Waals surface area contributed by atoms with Crippen LogP contribution in [0.1, 0.15) is 22.1 Å². The summed E-state index contributed by atoms with van der Waals surface area (Å²) < 4.78 is 10.2. The summed E-state index contributed by atoms with van der Waals surface area (Å²) in [6.07, 6.45) is 1.74. The standard InChI is InChI=1S/C18H21ClO2/c1-20-12-11-14-3-7-16(8-4-14)18(19)13-15-5-9-17(21-2)10-6-15/h3-10,18H,11-13H2,1-2H3. The van der Waals surface area contributed by atoms with Crippen molar-refractivity contribution in [1.82, 2.24) is 0 Å². The van der Waals surface area contributed by atoms with Crippen molar-refractivity contribution < 1.29 is 9.47 Å². The molecule has 2 aromatic rings. The van der Waals surface area contributed by atoms with E-state index in [0.29, 0.717) is 0 Å². The van der Waals surface area contributed by atoms with Gasteiger partial charge in [0, 0.05) is 7.11 Å². The van der Waals surface area contributed by atoms with Gasteiger partial charge in [0.25, 0.3) is 0 Å². The third-order valence-corrected chi connectivity index (χ3v) is 3.92. The summed E-state index contributed by atoms with van der Waals surface area (Å²) in [7, 11) is 3.39.